The number of rotatable bonds is 4. The molecular weight excluding hydrogens is 287 g/mol. The minimum Gasteiger partial charge on any atom is -0.392 e. The number of hydrogen-bond acceptors (Lipinski definition) is 2. The van der Waals surface area contributed by atoms with Crippen molar-refractivity contribution in [3.05, 3.63) is 33.5 Å². The third kappa shape index (κ3) is 3.27. The fourth-order valence-electron chi connectivity index (χ4n) is 2.19. The monoisotopic (exact) mass is 302 g/mol. The van der Waals surface area contributed by atoms with Crippen molar-refractivity contribution in [3.8, 4) is 0 Å². The maximum absolute atomic E-state index is 13.9. The van der Waals surface area contributed by atoms with Gasteiger partial charge in [-0.1, -0.05) is 15.9 Å². The highest BCUT2D eigenvalue weighted by Crippen LogP contribution is 2.24. The normalized spacial score (nSPS) is 19.8. The molecule has 94 valence electrons. The minimum atomic E-state index is -0.284. The fraction of sp³-hybridized carbons (Fsp3) is 0.538. The SMILES string of the molecule is OCc1cc(Br)cc(CCC2CCCO2)c1F. The van der Waals surface area contributed by atoms with E-state index in [9.17, 15) is 4.39 Å². The van der Waals surface area contributed by atoms with Crippen LogP contribution in [0.2, 0.25) is 0 Å². The number of ether oxygens (including phenoxy) is 1. The maximum atomic E-state index is 13.9. The molecule has 0 bridgehead atoms. The average Bonchev–Trinajstić information content (AvgIpc) is 2.82. The summed E-state index contributed by atoms with van der Waals surface area (Å²) in [6.07, 6.45) is 3.95. The summed E-state index contributed by atoms with van der Waals surface area (Å²) in [6.45, 7) is 0.561. The van der Waals surface area contributed by atoms with Crippen molar-refractivity contribution in [2.75, 3.05) is 6.61 Å². The summed E-state index contributed by atoms with van der Waals surface area (Å²) in [5.41, 5.74) is 1.00. The number of aliphatic hydroxyl groups excluding tert-OH is 1. The van der Waals surface area contributed by atoms with Gasteiger partial charge in [0, 0.05) is 16.6 Å². The highest BCUT2D eigenvalue weighted by atomic mass is 79.9. The predicted molar refractivity (Wildman–Crippen MR) is 67.3 cm³/mol. The number of aryl methyl sites for hydroxylation is 1. The van der Waals surface area contributed by atoms with Gasteiger partial charge >= 0.3 is 0 Å². The van der Waals surface area contributed by atoms with Crippen molar-refractivity contribution < 1.29 is 14.2 Å². The van der Waals surface area contributed by atoms with Crippen LogP contribution in [-0.4, -0.2) is 17.8 Å². The van der Waals surface area contributed by atoms with Gasteiger partial charge in [0.05, 0.1) is 12.7 Å². The van der Waals surface area contributed by atoms with Crippen molar-refractivity contribution >= 4 is 15.9 Å². The molecule has 1 fully saturated rings. The number of halogens is 2. The average molecular weight is 303 g/mol. The van der Waals surface area contributed by atoms with Crippen LogP contribution in [-0.2, 0) is 17.8 Å². The van der Waals surface area contributed by atoms with E-state index in [1.165, 1.54) is 0 Å². The molecule has 1 saturated heterocycles. The van der Waals surface area contributed by atoms with Gasteiger partial charge in [0.15, 0.2) is 0 Å². The Balaban J connectivity index is 2.06. The Labute approximate surface area is 109 Å². The highest BCUT2D eigenvalue weighted by Gasteiger charge is 2.17. The van der Waals surface area contributed by atoms with Crippen molar-refractivity contribution in [2.45, 2.75) is 38.4 Å². The molecule has 1 aromatic carbocycles. The maximum Gasteiger partial charge on any atom is 0.131 e. The van der Waals surface area contributed by atoms with Crippen LogP contribution >= 0.6 is 15.9 Å². The molecule has 1 N–H and O–H groups in total. The zero-order chi connectivity index (χ0) is 12.3. The van der Waals surface area contributed by atoms with E-state index in [1.807, 2.05) is 0 Å². The summed E-state index contributed by atoms with van der Waals surface area (Å²) in [4.78, 5) is 0. The fourth-order valence-corrected chi connectivity index (χ4v) is 2.75. The summed E-state index contributed by atoms with van der Waals surface area (Å²) in [7, 11) is 0. The van der Waals surface area contributed by atoms with Crippen LogP contribution in [0.3, 0.4) is 0 Å². The first-order valence-corrected chi connectivity index (χ1v) is 6.69. The molecule has 0 aliphatic carbocycles. The van der Waals surface area contributed by atoms with E-state index in [0.717, 1.165) is 30.3 Å². The molecule has 0 aromatic heterocycles. The molecule has 1 heterocycles. The first-order valence-electron chi connectivity index (χ1n) is 5.90. The van der Waals surface area contributed by atoms with E-state index in [1.54, 1.807) is 12.1 Å². The van der Waals surface area contributed by atoms with Crippen LogP contribution in [0, 0.1) is 5.82 Å². The summed E-state index contributed by atoms with van der Waals surface area (Å²) in [5.74, 6) is -0.284. The molecule has 4 heteroatoms. The Hall–Kier alpha value is -0.450. The van der Waals surface area contributed by atoms with Crippen molar-refractivity contribution in [2.24, 2.45) is 0 Å². The van der Waals surface area contributed by atoms with Gasteiger partial charge < -0.3 is 9.84 Å². The zero-order valence-electron chi connectivity index (χ0n) is 9.59. The molecule has 1 atom stereocenters. The second-order valence-corrected chi connectivity index (χ2v) is 5.29. The molecule has 2 nitrogen and oxygen atoms in total. The van der Waals surface area contributed by atoms with Crippen LogP contribution in [0.1, 0.15) is 30.4 Å². The van der Waals surface area contributed by atoms with Crippen molar-refractivity contribution in [1.29, 1.82) is 0 Å². The van der Waals surface area contributed by atoms with Gasteiger partial charge in [0.25, 0.3) is 0 Å². The first kappa shape index (κ1) is 13.0. The number of benzene rings is 1. The summed E-state index contributed by atoms with van der Waals surface area (Å²) in [5, 5.41) is 9.06. The summed E-state index contributed by atoms with van der Waals surface area (Å²) in [6, 6.07) is 3.40. The molecule has 1 unspecified atom stereocenters. The standard InChI is InChI=1S/C13H16BrFO2/c14-11-6-9(13(15)10(7-11)8-16)3-4-12-2-1-5-17-12/h6-7,12,16H,1-5,8H2. The highest BCUT2D eigenvalue weighted by molar-refractivity contribution is 9.10. The third-order valence-corrected chi connectivity index (χ3v) is 3.58. The molecule has 0 radical (unpaired) electrons. The zero-order valence-corrected chi connectivity index (χ0v) is 11.2. The Kier molecular flexibility index (Phi) is 4.54. The molecule has 1 aliphatic rings. The molecular formula is C13H16BrFO2. The molecule has 0 amide bonds. The lowest BCUT2D eigenvalue weighted by Gasteiger charge is -2.11. The van der Waals surface area contributed by atoms with E-state index in [0.29, 0.717) is 17.5 Å². The van der Waals surface area contributed by atoms with Gasteiger partial charge in [-0.05, 0) is 43.4 Å². The van der Waals surface area contributed by atoms with E-state index in [2.05, 4.69) is 15.9 Å². The molecule has 1 aromatic rings. The number of hydrogen-bond donors (Lipinski definition) is 1. The summed E-state index contributed by atoms with van der Waals surface area (Å²) >= 11 is 3.33. The molecule has 1 aliphatic heterocycles. The lowest BCUT2D eigenvalue weighted by molar-refractivity contribution is 0.104. The minimum absolute atomic E-state index is 0.266. The van der Waals surface area contributed by atoms with Crippen LogP contribution in [0.5, 0.6) is 0 Å². The second kappa shape index (κ2) is 5.94. The molecule has 17 heavy (non-hydrogen) atoms. The van der Waals surface area contributed by atoms with Crippen LogP contribution in [0.25, 0.3) is 0 Å². The van der Waals surface area contributed by atoms with Crippen molar-refractivity contribution in [1.82, 2.24) is 0 Å². The van der Waals surface area contributed by atoms with Gasteiger partial charge in [-0.3, -0.25) is 0 Å². The Bertz CT molecular complexity index is 389. The van der Waals surface area contributed by atoms with E-state index in [-0.39, 0.29) is 18.5 Å². The van der Waals surface area contributed by atoms with Gasteiger partial charge in [-0.25, -0.2) is 4.39 Å². The number of aliphatic hydroxyl groups is 1. The Morgan fingerprint density at radius 1 is 1.41 bits per heavy atom. The summed E-state index contributed by atoms with van der Waals surface area (Å²) < 4.78 is 20.2. The van der Waals surface area contributed by atoms with Crippen molar-refractivity contribution in [3.63, 3.8) is 0 Å². The van der Waals surface area contributed by atoms with Gasteiger partial charge in [-0.15, -0.1) is 0 Å². The van der Waals surface area contributed by atoms with E-state index >= 15 is 0 Å². The quantitative estimate of drug-likeness (QED) is 0.925. The van der Waals surface area contributed by atoms with E-state index < -0.39 is 0 Å². The van der Waals surface area contributed by atoms with Crippen LogP contribution < -0.4 is 0 Å². The second-order valence-electron chi connectivity index (χ2n) is 4.37. The molecule has 0 saturated carbocycles. The van der Waals surface area contributed by atoms with E-state index in [4.69, 9.17) is 9.84 Å². The third-order valence-electron chi connectivity index (χ3n) is 3.12. The topological polar surface area (TPSA) is 29.5 Å². The lowest BCUT2D eigenvalue weighted by Crippen LogP contribution is -2.07. The van der Waals surface area contributed by atoms with Crippen LogP contribution in [0.15, 0.2) is 16.6 Å². The van der Waals surface area contributed by atoms with Gasteiger partial charge in [-0.2, -0.15) is 0 Å². The molecule has 2 rings (SSSR count). The molecule has 0 spiro atoms. The Morgan fingerprint density at radius 2 is 2.18 bits per heavy atom. The first-order chi connectivity index (χ1) is 8.20. The largest absolute Gasteiger partial charge is 0.392 e. The Morgan fingerprint density at radius 3 is 2.82 bits per heavy atom. The lowest BCUT2D eigenvalue weighted by atomic mass is 10.0. The van der Waals surface area contributed by atoms with Gasteiger partial charge in [0.1, 0.15) is 5.82 Å². The van der Waals surface area contributed by atoms with Gasteiger partial charge in [0.2, 0.25) is 0 Å². The predicted octanol–water partition coefficient (Wildman–Crippen LogP) is 3.19. The smallest absolute Gasteiger partial charge is 0.131 e. The van der Waals surface area contributed by atoms with Crippen LogP contribution in [0.4, 0.5) is 4.39 Å².